The summed E-state index contributed by atoms with van der Waals surface area (Å²) in [4.78, 5) is 20.8. The molecule has 0 amide bonds. The highest BCUT2D eigenvalue weighted by atomic mass is 32.2. The van der Waals surface area contributed by atoms with Crippen LogP contribution in [-0.2, 0) is 19.7 Å². The summed E-state index contributed by atoms with van der Waals surface area (Å²) >= 11 is 0. The molecule has 0 unspecified atom stereocenters. The third kappa shape index (κ3) is 5.37. The van der Waals surface area contributed by atoms with Crippen molar-refractivity contribution in [2.24, 2.45) is 0 Å². The van der Waals surface area contributed by atoms with E-state index in [2.05, 4.69) is 0 Å². The summed E-state index contributed by atoms with van der Waals surface area (Å²) in [5.74, 6) is -52.0. The molecule has 1 N–H and O–H groups in total. The third-order valence-corrected chi connectivity index (χ3v) is 4.94. The Morgan fingerprint density at radius 1 is 0.595 bits per heavy atom. The minimum Gasteiger partial charge on any atom is -0.299 e. The van der Waals surface area contributed by atoms with Gasteiger partial charge < -0.3 is 0 Å². The smallest absolute Gasteiger partial charge is 0.299 e. The number of hydrogen-bond acceptors (Lipinski definition) is 4. The van der Waals surface area contributed by atoms with Crippen LogP contribution in [0.25, 0.3) is 0 Å². The van der Waals surface area contributed by atoms with E-state index in [4.69, 9.17) is 4.55 Å². The van der Waals surface area contributed by atoms with Crippen LogP contribution in [0.5, 0.6) is 0 Å². The van der Waals surface area contributed by atoms with Gasteiger partial charge in [-0.3, -0.25) is 14.1 Å². The van der Waals surface area contributed by atoms with Crippen molar-refractivity contribution in [3.8, 4) is 0 Å². The largest absolute Gasteiger partial charge is 0.460 e. The Labute approximate surface area is 192 Å². The molecule has 0 aromatic carbocycles. The molecule has 23 heteroatoms. The van der Waals surface area contributed by atoms with Gasteiger partial charge in [0, 0.05) is 6.42 Å². The van der Waals surface area contributed by atoms with Crippen LogP contribution in [0.2, 0.25) is 0 Å². The van der Waals surface area contributed by atoms with Gasteiger partial charge in [0.25, 0.3) is 0 Å². The van der Waals surface area contributed by atoms with Gasteiger partial charge in [-0.05, 0) is 6.08 Å². The first kappa shape index (κ1) is 34.8. The molecule has 1 aliphatic rings. The quantitative estimate of drug-likeness (QED) is 0.240. The molecule has 0 saturated carbocycles. The summed E-state index contributed by atoms with van der Waals surface area (Å²) in [6.45, 7) is 0. The van der Waals surface area contributed by atoms with Gasteiger partial charge >= 0.3 is 57.1 Å². The minimum absolute atomic E-state index is 0.0255. The number of ketones is 2. The number of alkyl halides is 17. The van der Waals surface area contributed by atoms with Crippen molar-refractivity contribution >= 4 is 21.7 Å². The van der Waals surface area contributed by atoms with E-state index in [9.17, 15) is 92.6 Å². The highest BCUT2D eigenvalue weighted by Gasteiger charge is 2.96. The average Bonchev–Trinajstić information content (AvgIpc) is 2.65. The molecular weight excluding hydrogens is 603 g/mol. The van der Waals surface area contributed by atoms with Crippen molar-refractivity contribution in [3.63, 3.8) is 0 Å². The van der Waals surface area contributed by atoms with Gasteiger partial charge in [-0.25, -0.2) is 0 Å². The lowest BCUT2D eigenvalue weighted by Crippen LogP contribution is -2.74. The van der Waals surface area contributed by atoms with Crippen LogP contribution in [-0.4, -0.2) is 71.5 Å². The van der Waals surface area contributed by atoms with E-state index in [-0.39, 0.29) is 18.0 Å². The lowest BCUT2D eigenvalue weighted by Gasteiger charge is -2.42. The van der Waals surface area contributed by atoms with E-state index in [1.807, 2.05) is 0 Å². The molecule has 0 saturated heterocycles. The molecule has 218 valence electrons. The lowest BCUT2D eigenvalue weighted by atomic mass is 9.91. The fourth-order valence-electron chi connectivity index (χ4n) is 1.96. The second kappa shape index (κ2) is 9.52. The molecule has 0 bridgehead atoms. The lowest BCUT2D eigenvalue weighted by molar-refractivity contribution is -0.458. The molecule has 5 nitrogen and oxygen atoms in total. The first-order valence-corrected chi connectivity index (χ1v) is 9.62. The van der Waals surface area contributed by atoms with Crippen molar-refractivity contribution in [3.05, 3.63) is 12.2 Å². The van der Waals surface area contributed by atoms with Crippen molar-refractivity contribution in [2.75, 3.05) is 0 Å². The zero-order valence-electron chi connectivity index (χ0n) is 16.5. The monoisotopic (exact) mass is 610 g/mol. The van der Waals surface area contributed by atoms with E-state index in [0.717, 1.165) is 0 Å². The number of carbonyl (C=O) groups is 2. The third-order valence-electron chi connectivity index (χ3n) is 4.04. The summed E-state index contributed by atoms with van der Waals surface area (Å²) in [5, 5.41) is -7.84. The predicted octanol–water partition coefficient (Wildman–Crippen LogP) is 5.32. The molecule has 0 heterocycles. The molecule has 0 atom stereocenters. The van der Waals surface area contributed by atoms with Crippen LogP contribution < -0.4 is 0 Å². The van der Waals surface area contributed by atoms with Gasteiger partial charge in [-0.1, -0.05) is 6.08 Å². The van der Waals surface area contributed by atoms with Crippen molar-refractivity contribution in [2.45, 2.75) is 59.8 Å². The fraction of sp³-hybridized carbons (Fsp3) is 0.714. The second-order valence-corrected chi connectivity index (χ2v) is 8.19. The predicted molar refractivity (Wildman–Crippen MR) is 80.6 cm³/mol. The summed E-state index contributed by atoms with van der Waals surface area (Å²) in [5.41, 5.74) is 0. The minimum atomic E-state index is -8.89. The van der Waals surface area contributed by atoms with Crippen LogP contribution in [0, 0.1) is 0 Å². The highest BCUT2D eigenvalue weighted by molar-refractivity contribution is 7.87. The number of hydrogen-bond donors (Lipinski definition) is 1. The SMILES string of the molecule is O=C1C=CCC(=O)C1.O=S(=O)(O)C(F)(F)C(F)(F)C(F)(F)C(F)(F)C(F)(F)C(F)(F)C(F)(F)C(F)(F)F. The maximum absolute atomic E-state index is 13.0. The van der Waals surface area contributed by atoms with Crippen molar-refractivity contribution in [1.29, 1.82) is 0 Å². The second-order valence-electron chi connectivity index (χ2n) is 6.72. The van der Waals surface area contributed by atoms with E-state index >= 15 is 0 Å². The summed E-state index contributed by atoms with van der Waals surface area (Å²) in [6, 6.07) is 0. The molecule has 0 fully saturated rings. The van der Waals surface area contributed by atoms with Crippen LogP contribution in [0.4, 0.5) is 74.6 Å². The number of Topliss-reactive ketones (excluding diaryl/α,β-unsaturated/α-hetero) is 1. The van der Waals surface area contributed by atoms with E-state index < -0.39 is 57.1 Å². The molecule has 37 heavy (non-hydrogen) atoms. The van der Waals surface area contributed by atoms with Gasteiger partial charge in [-0.15, -0.1) is 0 Å². The zero-order chi connectivity index (χ0) is 30.5. The Morgan fingerprint density at radius 2 is 0.919 bits per heavy atom. The Bertz CT molecular complexity index is 1030. The molecule has 1 aliphatic carbocycles. The molecule has 0 spiro atoms. The van der Waals surface area contributed by atoms with E-state index in [1.54, 1.807) is 6.08 Å². The Kier molecular flexibility index (Phi) is 8.95. The Hall–Kier alpha value is -2.20. The van der Waals surface area contributed by atoms with E-state index in [1.165, 1.54) is 6.08 Å². The first-order chi connectivity index (χ1) is 15.8. The molecular formula is C14H7F17O5S. The van der Waals surface area contributed by atoms with E-state index in [0.29, 0.717) is 6.42 Å². The molecule has 1 rings (SSSR count). The zero-order valence-corrected chi connectivity index (χ0v) is 17.3. The molecule has 0 radical (unpaired) electrons. The van der Waals surface area contributed by atoms with Gasteiger partial charge in [-0.2, -0.15) is 83.1 Å². The standard InChI is InChI=1S/C8HF17O3S.C6H6O2/c9-1(10,3(13,14)5(17,18)7(21,22)23)2(11,12)4(15,16)6(19,20)8(24,25)29(26,27)28;7-5-2-1-3-6(8)4-5/h(H,26,27,28);1-2H,3-4H2. The molecule has 0 aromatic heterocycles. The number of allylic oxidation sites excluding steroid dienone is 2. The molecule has 0 aliphatic heterocycles. The normalized spacial score (nSPS) is 17.5. The van der Waals surface area contributed by atoms with Crippen LogP contribution in [0.3, 0.4) is 0 Å². The number of carbonyl (C=O) groups excluding carboxylic acids is 2. The topological polar surface area (TPSA) is 88.5 Å². The summed E-state index contributed by atoms with van der Waals surface area (Å²) in [6.07, 6.45) is -4.27. The van der Waals surface area contributed by atoms with Crippen molar-refractivity contribution in [1.82, 2.24) is 0 Å². The van der Waals surface area contributed by atoms with Crippen LogP contribution in [0.15, 0.2) is 12.2 Å². The maximum atomic E-state index is 13.0. The van der Waals surface area contributed by atoms with Crippen molar-refractivity contribution < 1.29 is 97.2 Å². The van der Waals surface area contributed by atoms with Gasteiger partial charge in [0.05, 0.1) is 6.42 Å². The van der Waals surface area contributed by atoms with Gasteiger partial charge in [0.15, 0.2) is 5.78 Å². The molecule has 0 aromatic rings. The first-order valence-electron chi connectivity index (χ1n) is 8.18. The fourth-order valence-corrected chi connectivity index (χ4v) is 2.41. The summed E-state index contributed by atoms with van der Waals surface area (Å²) in [7, 11) is -7.89. The summed E-state index contributed by atoms with van der Waals surface area (Å²) < 4.78 is 242. The van der Waals surface area contributed by atoms with Gasteiger partial charge in [0.1, 0.15) is 5.78 Å². The maximum Gasteiger partial charge on any atom is 0.460 e. The average molecular weight is 610 g/mol. The van der Waals surface area contributed by atoms with Gasteiger partial charge in [0.2, 0.25) is 0 Å². The highest BCUT2D eigenvalue weighted by Crippen LogP contribution is 2.64. The van der Waals surface area contributed by atoms with Crippen LogP contribution in [0.1, 0.15) is 12.8 Å². The van der Waals surface area contributed by atoms with Crippen LogP contribution >= 0.6 is 0 Å². The Morgan fingerprint density at radius 3 is 1.16 bits per heavy atom. The Balaban J connectivity index is 0.00000136. The number of rotatable bonds is 7. The number of halogens is 17.